The van der Waals surface area contributed by atoms with Crippen LogP contribution in [0.5, 0.6) is 0 Å². The quantitative estimate of drug-likeness (QED) is 0.618. The first kappa shape index (κ1) is 12.5. The fraction of sp³-hybridized carbons (Fsp3) is 0. The SMILES string of the molecule is N#Cc1cccc2cc(N=c3ssnc3Br)ccc12. The lowest BCUT2D eigenvalue weighted by Crippen LogP contribution is -1.92. The highest BCUT2D eigenvalue weighted by molar-refractivity contribution is 9.10. The van der Waals surface area contributed by atoms with Crippen molar-refractivity contribution in [3.05, 3.63) is 51.2 Å². The Kier molecular flexibility index (Phi) is 3.42. The van der Waals surface area contributed by atoms with Gasteiger partial charge in [0.1, 0.15) is 0 Å². The highest BCUT2D eigenvalue weighted by atomic mass is 79.9. The van der Waals surface area contributed by atoms with Crippen LogP contribution in [0.1, 0.15) is 5.56 Å². The van der Waals surface area contributed by atoms with E-state index in [0.717, 1.165) is 25.7 Å². The van der Waals surface area contributed by atoms with Crippen LogP contribution in [-0.4, -0.2) is 4.37 Å². The molecule has 0 aliphatic rings. The van der Waals surface area contributed by atoms with Gasteiger partial charge in [-0.15, -0.1) is 0 Å². The molecule has 0 spiro atoms. The molecule has 6 heteroatoms. The summed E-state index contributed by atoms with van der Waals surface area (Å²) in [6.07, 6.45) is 0. The monoisotopic (exact) mass is 347 g/mol. The fourth-order valence-corrected chi connectivity index (χ4v) is 4.41. The zero-order valence-corrected chi connectivity index (χ0v) is 12.7. The minimum Gasteiger partial charge on any atom is -0.234 e. The predicted molar refractivity (Wildman–Crippen MR) is 81.6 cm³/mol. The number of hydrogen-bond acceptors (Lipinski definition) is 5. The van der Waals surface area contributed by atoms with Crippen molar-refractivity contribution in [3.8, 4) is 6.07 Å². The molecule has 3 nitrogen and oxygen atoms in total. The van der Waals surface area contributed by atoms with Crippen molar-refractivity contribution in [2.45, 2.75) is 0 Å². The minimum absolute atomic E-state index is 0.685. The summed E-state index contributed by atoms with van der Waals surface area (Å²) in [5, 5.41) is 11.0. The van der Waals surface area contributed by atoms with Crippen LogP contribution in [0.3, 0.4) is 0 Å². The zero-order valence-electron chi connectivity index (χ0n) is 9.50. The molecule has 0 atom stereocenters. The molecule has 0 fully saturated rings. The van der Waals surface area contributed by atoms with E-state index >= 15 is 0 Å². The molecule has 1 heterocycles. The van der Waals surface area contributed by atoms with Gasteiger partial charge in [-0.2, -0.15) is 9.64 Å². The van der Waals surface area contributed by atoms with Crippen molar-refractivity contribution in [1.82, 2.24) is 4.37 Å². The Balaban J connectivity index is 2.19. The Hall–Kier alpha value is -1.55. The van der Waals surface area contributed by atoms with Gasteiger partial charge in [0.15, 0.2) is 9.27 Å². The lowest BCUT2D eigenvalue weighted by atomic mass is 10.1. The first-order chi connectivity index (χ1) is 9.28. The van der Waals surface area contributed by atoms with E-state index in [4.69, 9.17) is 5.26 Å². The molecular formula is C13H6BrN3S2. The molecule has 0 unspecified atom stereocenters. The Morgan fingerprint density at radius 1 is 1.26 bits per heavy atom. The Morgan fingerprint density at radius 3 is 2.89 bits per heavy atom. The van der Waals surface area contributed by atoms with E-state index in [1.807, 2.05) is 36.4 Å². The molecule has 0 amide bonds. The molecular weight excluding hydrogens is 342 g/mol. The maximum absolute atomic E-state index is 9.06. The van der Waals surface area contributed by atoms with Gasteiger partial charge in [0, 0.05) is 10.5 Å². The lowest BCUT2D eigenvalue weighted by molar-refractivity contribution is 1.34. The van der Waals surface area contributed by atoms with Crippen molar-refractivity contribution in [3.63, 3.8) is 0 Å². The number of halogens is 1. The standard InChI is InChI=1S/C13H6BrN3S2/c14-12-13(18-19-17-12)16-10-4-5-11-8(6-10)2-1-3-9(11)7-15/h1-6H. The van der Waals surface area contributed by atoms with E-state index in [1.54, 1.807) is 0 Å². The number of rotatable bonds is 1. The van der Waals surface area contributed by atoms with Gasteiger partial charge in [-0.05, 0) is 55.2 Å². The number of fused-ring (bicyclic) bond motifs is 1. The van der Waals surface area contributed by atoms with Crippen LogP contribution in [0.2, 0.25) is 0 Å². The van der Waals surface area contributed by atoms with Gasteiger partial charge < -0.3 is 0 Å². The van der Waals surface area contributed by atoms with E-state index in [0.29, 0.717) is 5.56 Å². The van der Waals surface area contributed by atoms with Crippen molar-refractivity contribution in [1.29, 1.82) is 5.26 Å². The summed E-state index contributed by atoms with van der Waals surface area (Å²) in [5.41, 5.74) is 1.55. The summed E-state index contributed by atoms with van der Waals surface area (Å²) in [7, 11) is 2.93. The summed E-state index contributed by atoms with van der Waals surface area (Å²) in [5.74, 6) is 0. The Labute approximate surface area is 125 Å². The van der Waals surface area contributed by atoms with Crippen LogP contribution < -0.4 is 4.67 Å². The molecule has 92 valence electrons. The highest BCUT2D eigenvalue weighted by Gasteiger charge is 2.02. The lowest BCUT2D eigenvalue weighted by Gasteiger charge is -2.00. The van der Waals surface area contributed by atoms with E-state index in [2.05, 4.69) is 31.4 Å². The number of nitriles is 1. The smallest absolute Gasteiger partial charge is 0.162 e. The molecule has 3 rings (SSSR count). The van der Waals surface area contributed by atoms with Crippen LogP contribution in [0, 0.1) is 11.3 Å². The third-order valence-corrected chi connectivity index (χ3v) is 5.37. The first-order valence-electron chi connectivity index (χ1n) is 5.37. The fourth-order valence-electron chi connectivity index (χ4n) is 1.78. The van der Waals surface area contributed by atoms with Gasteiger partial charge >= 0.3 is 0 Å². The highest BCUT2D eigenvalue weighted by Crippen LogP contribution is 2.24. The van der Waals surface area contributed by atoms with Crippen molar-refractivity contribution >= 4 is 53.3 Å². The van der Waals surface area contributed by atoms with Gasteiger partial charge in [-0.3, -0.25) is 0 Å². The van der Waals surface area contributed by atoms with E-state index in [1.165, 1.54) is 20.9 Å². The predicted octanol–water partition coefficient (Wildman–Crippen LogP) is 4.22. The van der Waals surface area contributed by atoms with Crippen LogP contribution >= 0.6 is 36.8 Å². The Morgan fingerprint density at radius 2 is 2.16 bits per heavy atom. The van der Waals surface area contributed by atoms with Crippen molar-refractivity contribution < 1.29 is 0 Å². The number of benzene rings is 2. The number of hydrogen-bond donors (Lipinski definition) is 0. The van der Waals surface area contributed by atoms with Gasteiger partial charge in [-0.1, -0.05) is 18.2 Å². The summed E-state index contributed by atoms with van der Waals surface area (Å²) in [4.78, 5) is 4.54. The second-order valence-electron chi connectivity index (χ2n) is 3.78. The molecule has 19 heavy (non-hydrogen) atoms. The van der Waals surface area contributed by atoms with Gasteiger partial charge in [0.25, 0.3) is 0 Å². The summed E-state index contributed by atoms with van der Waals surface area (Å²) in [6, 6.07) is 13.7. The molecule has 0 radical (unpaired) electrons. The molecule has 0 saturated carbocycles. The third kappa shape index (κ3) is 2.45. The summed E-state index contributed by atoms with van der Waals surface area (Å²) < 4.78 is 5.78. The normalized spacial score (nSPS) is 11.7. The van der Waals surface area contributed by atoms with Gasteiger partial charge in [0.05, 0.1) is 17.3 Å². The van der Waals surface area contributed by atoms with Gasteiger partial charge in [0.2, 0.25) is 0 Å². The van der Waals surface area contributed by atoms with E-state index in [9.17, 15) is 0 Å². The molecule has 0 aliphatic carbocycles. The average Bonchev–Trinajstić information content (AvgIpc) is 2.83. The van der Waals surface area contributed by atoms with Gasteiger partial charge in [-0.25, -0.2) is 4.99 Å². The second kappa shape index (κ2) is 5.21. The van der Waals surface area contributed by atoms with Crippen molar-refractivity contribution in [2.75, 3.05) is 0 Å². The Bertz CT molecular complexity index is 858. The third-order valence-electron chi connectivity index (χ3n) is 2.63. The largest absolute Gasteiger partial charge is 0.234 e. The zero-order chi connectivity index (χ0) is 13.2. The molecule has 0 bridgehead atoms. The molecule has 0 aliphatic heterocycles. The molecule has 2 aromatic carbocycles. The molecule has 3 aromatic rings. The maximum Gasteiger partial charge on any atom is 0.162 e. The number of nitrogens with zero attached hydrogens (tertiary/aromatic N) is 3. The molecule has 0 N–H and O–H groups in total. The van der Waals surface area contributed by atoms with E-state index < -0.39 is 0 Å². The van der Waals surface area contributed by atoms with Crippen LogP contribution in [0.15, 0.2) is 46.0 Å². The van der Waals surface area contributed by atoms with Crippen LogP contribution in [0.25, 0.3) is 10.8 Å². The number of aromatic nitrogens is 1. The first-order valence-corrected chi connectivity index (χ1v) is 8.27. The average molecular weight is 348 g/mol. The maximum atomic E-state index is 9.06. The van der Waals surface area contributed by atoms with E-state index in [-0.39, 0.29) is 0 Å². The summed E-state index contributed by atoms with van der Waals surface area (Å²) >= 11 is 3.37. The molecule has 1 aromatic heterocycles. The topological polar surface area (TPSA) is 49.0 Å². The van der Waals surface area contributed by atoms with Crippen LogP contribution in [0.4, 0.5) is 5.69 Å². The van der Waals surface area contributed by atoms with Crippen molar-refractivity contribution in [2.24, 2.45) is 4.99 Å². The molecule has 0 saturated heterocycles. The minimum atomic E-state index is 0.685. The summed E-state index contributed by atoms with van der Waals surface area (Å²) in [6.45, 7) is 0. The second-order valence-corrected chi connectivity index (χ2v) is 6.36. The van der Waals surface area contributed by atoms with Crippen LogP contribution in [-0.2, 0) is 0 Å².